The first-order valence-corrected chi connectivity index (χ1v) is 5.98. The largest absolute Gasteiger partial charge is 0.508 e. The molecule has 1 atom stereocenters. The monoisotopic (exact) mass is 257 g/mol. The number of aromatic hydroxyl groups is 1. The quantitative estimate of drug-likeness (QED) is 0.886. The molecule has 0 amide bonds. The Bertz CT molecular complexity index is 605. The molecule has 2 rings (SSSR count). The second-order valence-electron chi connectivity index (χ2n) is 4.54. The van der Waals surface area contributed by atoms with Gasteiger partial charge < -0.3 is 10.2 Å². The van der Waals surface area contributed by atoms with E-state index in [-0.39, 0.29) is 5.75 Å². The highest BCUT2D eigenvalue weighted by Gasteiger charge is 2.15. The van der Waals surface area contributed by atoms with Crippen LogP contribution in [0.4, 0.5) is 0 Å². The van der Waals surface area contributed by atoms with Crippen LogP contribution in [-0.2, 0) is 4.79 Å². The highest BCUT2D eigenvalue weighted by Crippen LogP contribution is 2.25. The van der Waals surface area contributed by atoms with E-state index in [0.29, 0.717) is 5.56 Å². The predicted molar refractivity (Wildman–Crippen MR) is 72.1 cm³/mol. The van der Waals surface area contributed by atoms with Crippen LogP contribution < -0.4 is 0 Å². The Morgan fingerprint density at radius 3 is 2.42 bits per heavy atom. The maximum Gasteiger partial charge on any atom is 0.310 e. The van der Waals surface area contributed by atoms with Crippen LogP contribution in [0.5, 0.6) is 5.75 Å². The van der Waals surface area contributed by atoms with Crippen molar-refractivity contribution in [1.82, 2.24) is 4.98 Å². The number of phenols is 1. The number of hydrogen-bond donors (Lipinski definition) is 2. The van der Waals surface area contributed by atoms with E-state index in [2.05, 4.69) is 4.98 Å². The molecular formula is C15H15NO3. The molecule has 1 aromatic heterocycles. The number of carboxylic acid groups (broad SMARTS) is 1. The Kier molecular flexibility index (Phi) is 3.51. The average Bonchev–Trinajstić information content (AvgIpc) is 2.39. The van der Waals surface area contributed by atoms with Crippen LogP contribution in [0, 0.1) is 6.92 Å². The Morgan fingerprint density at radius 1 is 1.26 bits per heavy atom. The third kappa shape index (κ3) is 2.73. The summed E-state index contributed by atoms with van der Waals surface area (Å²) in [6.45, 7) is 3.53. The van der Waals surface area contributed by atoms with E-state index in [9.17, 15) is 9.90 Å². The highest BCUT2D eigenvalue weighted by atomic mass is 16.4. The number of aliphatic carboxylic acids is 1. The van der Waals surface area contributed by atoms with Crippen molar-refractivity contribution in [2.45, 2.75) is 19.8 Å². The second kappa shape index (κ2) is 5.10. The molecule has 0 saturated heterocycles. The maximum atomic E-state index is 10.9. The standard InChI is InChI=1S/C15H15NO3/c1-9-7-12(10(2)15(18)19)8-16-14(9)11-3-5-13(17)6-4-11/h3-8,10,17H,1-2H3,(H,18,19). The number of pyridine rings is 1. The smallest absolute Gasteiger partial charge is 0.310 e. The number of aromatic nitrogens is 1. The molecule has 0 aliphatic carbocycles. The minimum absolute atomic E-state index is 0.206. The summed E-state index contributed by atoms with van der Waals surface area (Å²) in [6.07, 6.45) is 1.59. The number of rotatable bonds is 3. The van der Waals surface area contributed by atoms with Gasteiger partial charge in [-0.3, -0.25) is 9.78 Å². The third-order valence-corrected chi connectivity index (χ3v) is 3.11. The van der Waals surface area contributed by atoms with Crippen molar-refractivity contribution in [3.8, 4) is 17.0 Å². The number of aryl methyl sites for hydroxylation is 1. The first-order chi connectivity index (χ1) is 8.99. The molecule has 2 aromatic rings. The van der Waals surface area contributed by atoms with E-state index in [1.54, 1.807) is 37.4 Å². The zero-order chi connectivity index (χ0) is 14.0. The number of nitrogens with zero attached hydrogens (tertiary/aromatic N) is 1. The average molecular weight is 257 g/mol. The summed E-state index contributed by atoms with van der Waals surface area (Å²) in [4.78, 5) is 15.3. The molecule has 0 saturated carbocycles. The Morgan fingerprint density at radius 2 is 1.89 bits per heavy atom. The Labute approximate surface area is 111 Å². The Hall–Kier alpha value is -2.36. The van der Waals surface area contributed by atoms with Gasteiger partial charge in [-0.2, -0.15) is 0 Å². The molecule has 4 heteroatoms. The minimum atomic E-state index is -0.862. The lowest BCUT2D eigenvalue weighted by atomic mass is 9.99. The lowest BCUT2D eigenvalue weighted by Gasteiger charge is -2.10. The molecule has 0 radical (unpaired) electrons. The summed E-state index contributed by atoms with van der Waals surface area (Å²) >= 11 is 0. The summed E-state index contributed by atoms with van der Waals surface area (Å²) < 4.78 is 0. The van der Waals surface area contributed by atoms with Gasteiger partial charge in [0.05, 0.1) is 11.6 Å². The van der Waals surface area contributed by atoms with Crippen molar-refractivity contribution in [1.29, 1.82) is 0 Å². The molecule has 98 valence electrons. The van der Waals surface area contributed by atoms with Crippen LogP contribution in [0.15, 0.2) is 36.5 Å². The van der Waals surface area contributed by atoms with Crippen molar-refractivity contribution >= 4 is 5.97 Å². The van der Waals surface area contributed by atoms with Gasteiger partial charge in [0.2, 0.25) is 0 Å². The van der Waals surface area contributed by atoms with E-state index in [1.165, 1.54) is 0 Å². The summed E-state index contributed by atoms with van der Waals surface area (Å²) in [6, 6.07) is 8.61. The van der Waals surface area contributed by atoms with Crippen molar-refractivity contribution in [3.05, 3.63) is 47.7 Å². The molecule has 0 bridgehead atoms. The molecule has 0 aliphatic rings. The van der Waals surface area contributed by atoms with Gasteiger partial charge in [-0.15, -0.1) is 0 Å². The molecule has 0 aliphatic heterocycles. The van der Waals surface area contributed by atoms with Gasteiger partial charge in [0.25, 0.3) is 0 Å². The van der Waals surface area contributed by atoms with Crippen LogP contribution in [0.2, 0.25) is 0 Å². The molecule has 4 nitrogen and oxygen atoms in total. The molecule has 1 unspecified atom stereocenters. The van der Waals surface area contributed by atoms with E-state index in [0.717, 1.165) is 16.8 Å². The van der Waals surface area contributed by atoms with Crippen molar-refractivity contribution in [2.75, 3.05) is 0 Å². The van der Waals surface area contributed by atoms with Crippen LogP contribution in [0.25, 0.3) is 11.3 Å². The normalized spacial score (nSPS) is 12.1. The highest BCUT2D eigenvalue weighted by molar-refractivity contribution is 5.76. The lowest BCUT2D eigenvalue weighted by Crippen LogP contribution is -2.08. The van der Waals surface area contributed by atoms with Gasteiger partial charge >= 0.3 is 5.97 Å². The molecule has 0 spiro atoms. The van der Waals surface area contributed by atoms with Gasteiger partial charge in [-0.05, 0) is 49.2 Å². The third-order valence-electron chi connectivity index (χ3n) is 3.11. The van der Waals surface area contributed by atoms with Gasteiger partial charge in [-0.25, -0.2) is 0 Å². The molecule has 1 aromatic carbocycles. The fourth-order valence-electron chi connectivity index (χ4n) is 1.90. The van der Waals surface area contributed by atoms with Crippen LogP contribution >= 0.6 is 0 Å². The van der Waals surface area contributed by atoms with Crippen LogP contribution in [-0.4, -0.2) is 21.2 Å². The second-order valence-corrected chi connectivity index (χ2v) is 4.54. The molecule has 2 N–H and O–H groups in total. The first-order valence-electron chi connectivity index (χ1n) is 5.98. The number of carbonyl (C=O) groups is 1. The minimum Gasteiger partial charge on any atom is -0.508 e. The summed E-state index contributed by atoms with van der Waals surface area (Å²) in [5.74, 6) is -1.23. The fraction of sp³-hybridized carbons (Fsp3) is 0.200. The Balaban J connectivity index is 2.39. The van der Waals surface area contributed by atoms with Crippen LogP contribution in [0.3, 0.4) is 0 Å². The summed E-state index contributed by atoms with van der Waals surface area (Å²) in [5.41, 5.74) is 3.29. The van der Waals surface area contributed by atoms with Gasteiger partial charge in [-0.1, -0.05) is 6.07 Å². The molecule has 0 fully saturated rings. The van der Waals surface area contributed by atoms with Gasteiger partial charge in [0.15, 0.2) is 0 Å². The number of benzene rings is 1. The molecular weight excluding hydrogens is 242 g/mol. The summed E-state index contributed by atoms with van der Waals surface area (Å²) in [7, 11) is 0. The fourth-order valence-corrected chi connectivity index (χ4v) is 1.90. The van der Waals surface area contributed by atoms with Crippen molar-refractivity contribution in [2.24, 2.45) is 0 Å². The van der Waals surface area contributed by atoms with Gasteiger partial charge in [0, 0.05) is 11.8 Å². The van der Waals surface area contributed by atoms with E-state index >= 15 is 0 Å². The number of phenolic OH excluding ortho intramolecular Hbond substituents is 1. The zero-order valence-electron chi connectivity index (χ0n) is 10.8. The van der Waals surface area contributed by atoms with Crippen molar-refractivity contribution < 1.29 is 15.0 Å². The van der Waals surface area contributed by atoms with E-state index < -0.39 is 11.9 Å². The van der Waals surface area contributed by atoms with Crippen molar-refractivity contribution in [3.63, 3.8) is 0 Å². The molecule has 1 heterocycles. The first kappa shape index (κ1) is 13.1. The van der Waals surface area contributed by atoms with Gasteiger partial charge in [0.1, 0.15) is 5.75 Å². The lowest BCUT2D eigenvalue weighted by molar-refractivity contribution is -0.138. The van der Waals surface area contributed by atoms with E-state index in [1.807, 2.05) is 13.0 Å². The zero-order valence-corrected chi connectivity index (χ0v) is 10.8. The predicted octanol–water partition coefficient (Wildman–Crippen LogP) is 2.95. The van der Waals surface area contributed by atoms with Crippen LogP contribution in [0.1, 0.15) is 24.0 Å². The SMILES string of the molecule is Cc1cc(C(C)C(=O)O)cnc1-c1ccc(O)cc1. The number of hydrogen-bond acceptors (Lipinski definition) is 3. The van der Waals surface area contributed by atoms with E-state index in [4.69, 9.17) is 5.11 Å². The topological polar surface area (TPSA) is 70.4 Å². The molecule has 19 heavy (non-hydrogen) atoms. The summed E-state index contributed by atoms with van der Waals surface area (Å²) in [5, 5.41) is 18.3. The number of carboxylic acids is 1. The maximum absolute atomic E-state index is 10.9.